The molecule has 1 atom stereocenters. The summed E-state index contributed by atoms with van der Waals surface area (Å²) in [5.41, 5.74) is 7.37. The van der Waals surface area contributed by atoms with Crippen molar-refractivity contribution < 1.29 is 9.59 Å². The number of aromatic nitrogens is 2. The molecule has 3 aromatic heterocycles. The Hall–Kier alpha value is -2.56. The average Bonchev–Trinajstić information content (AvgIpc) is 3.18. The van der Waals surface area contributed by atoms with Crippen LogP contribution in [0.5, 0.6) is 0 Å². The molecule has 0 aromatic carbocycles. The standard InChI is InChI=1S/C21H25N5O3S2/c1-9-5-6-11-12(7-9)30-21(15(11)17(22)27)25-19(29)16-10(2)14-18(28)23-13(8-26(3)4)24-20(14)31-16/h9H,5-8H2,1-4H3,(H2,22,27)(H,25,29)(H,23,24,28). The van der Waals surface area contributed by atoms with Crippen molar-refractivity contribution in [3.8, 4) is 0 Å². The molecule has 3 heterocycles. The zero-order chi connectivity index (χ0) is 22.4. The van der Waals surface area contributed by atoms with Gasteiger partial charge in [-0.3, -0.25) is 14.4 Å². The van der Waals surface area contributed by atoms with Crippen LogP contribution in [0.1, 0.15) is 55.2 Å². The van der Waals surface area contributed by atoms with Gasteiger partial charge in [0.15, 0.2) is 0 Å². The molecule has 0 aliphatic heterocycles. The van der Waals surface area contributed by atoms with Crippen molar-refractivity contribution in [2.75, 3.05) is 19.4 Å². The third-order valence-corrected chi connectivity index (χ3v) is 7.86. The SMILES string of the molecule is Cc1c(C(=O)Nc2sc3c(c2C(N)=O)CCC(C)C3)sc2nc(CN(C)C)[nH]c(=O)c12. The molecule has 2 amide bonds. The topological polar surface area (TPSA) is 121 Å². The summed E-state index contributed by atoms with van der Waals surface area (Å²) in [4.78, 5) is 49.2. The zero-order valence-electron chi connectivity index (χ0n) is 17.9. The van der Waals surface area contributed by atoms with Gasteiger partial charge < -0.3 is 20.9 Å². The number of nitrogens with two attached hydrogens (primary N) is 1. The normalized spacial score (nSPS) is 16.0. The number of amides is 2. The molecule has 4 N–H and O–H groups in total. The molecule has 3 aromatic rings. The second kappa shape index (κ2) is 8.18. The first-order valence-electron chi connectivity index (χ1n) is 10.1. The zero-order valence-corrected chi connectivity index (χ0v) is 19.6. The van der Waals surface area contributed by atoms with Crippen molar-refractivity contribution in [2.24, 2.45) is 11.7 Å². The average molecular weight is 460 g/mol. The van der Waals surface area contributed by atoms with Gasteiger partial charge in [-0.1, -0.05) is 6.92 Å². The number of anilines is 1. The Kier molecular flexibility index (Phi) is 5.71. The first-order valence-corrected chi connectivity index (χ1v) is 11.7. The van der Waals surface area contributed by atoms with Gasteiger partial charge in [0.05, 0.1) is 22.4 Å². The molecule has 0 spiro atoms. The summed E-state index contributed by atoms with van der Waals surface area (Å²) in [5.74, 6) is 0.200. The molecule has 8 nitrogen and oxygen atoms in total. The van der Waals surface area contributed by atoms with Gasteiger partial charge in [-0.15, -0.1) is 22.7 Å². The molecular formula is C21H25N5O3S2. The summed E-state index contributed by atoms with van der Waals surface area (Å²) < 4.78 is 0. The molecule has 10 heteroatoms. The minimum Gasteiger partial charge on any atom is -0.365 e. The number of H-pyrrole nitrogens is 1. The minimum atomic E-state index is -0.526. The van der Waals surface area contributed by atoms with E-state index < -0.39 is 5.91 Å². The Labute approximate surface area is 187 Å². The number of nitrogens with one attached hydrogen (secondary N) is 2. The van der Waals surface area contributed by atoms with E-state index in [-0.39, 0.29) is 11.5 Å². The molecule has 164 valence electrons. The van der Waals surface area contributed by atoms with Crippen LogP contribution in [0.15, 0.2) is 4.79 Å². The van der Waals surface area contributed by atoms with Crippen molar-refractivity contribution in [1.82, 2.24) is 14.9 Å². The van der Waals surface area contributed by atoms with E-state index >= 15 is 0 Å². The monoisotopic (exact) mass is 459 g/mol. The van der Waals surface area contributed by atoms with Crippen molar-refractivity contribution in [3.63, 3.8) is 0 Å². The number of fused-ring (bicyclic) bond motifs is 2. The summed E-state index contributed by atoms with van der Waals surface area (Å²) in [7, 11) is 3.78. The lowest BCUT2D eigenvalue weighted by molar-refractivity contribution is 0.1000. The van der Waals surface area contributed by atoms with E-state index in [9.17, 15) is 14.4 Å². The summed E-state index contributed by atoms with van der Waals surface area (Å²) in [6, 6.07) is 0. The first kappa shape index (κ1) is 21.7. The summed E-state index contributed by atoms with van der Waals surface area (Å²) in [6.07, 6.45) is 2.67. The van der Waals surface area contributed by atoms with Gasteiger partial charge in [0.25, 0.3) is 17.4 Å². The van der Waals surface area contributed by atoms with Crippen LogP contribution >= 0.6 is 22.7 Å². The summed E-state index contributed by atoms with van der Waals surface area (Å²) in [5, 5.41) is 3.80. The molecule has 4 rings (SSSR count). The summed E-state index contributed by atoms with van der Waals surface area (Å²) >= 11 is 2.61. The Morgan fingerprint density at radius 3 is 2.74 bits per heavy atom. The van der Waals surface area contributed by atoms with Gasteiger partial charge in [-0.2, -0.15) is 0 Å². The maximum Gasteiger partial charge on any atom is 0.266 e. The lowest BCUT2D eigenvalue weighted by atomic mass is 9.88. The number of hydrogen-bond acceptors (Lipinski definition) is 7. The van der Waals surface area contributed by atoms with Crippen molar-refractivity contribution in [3.05, 3.63) is 42.6 Å². The van der Waals surface area contributed by atoms with Gasteiger partial charge in [0.1, 0.15) is 15.7 Å². The number of aromatic amines is 1. The molecular weight excluding hydrogens is 434 g/mol. The molecule has 0 bridgehead atoms. The molecule has 1 aliphatic rings. The van der Waals surface area contributed by atoms with Crippen LogP contribution < -0.4 is 16.6 Å². The Bertz CT molecular complexity index is 1250. The second-order valence-corrected chi connectivity index (χ2v) is 10.5. The van der Waals surface area contributed by atoms with E-state index in [0.29, 0.717) is 49.5 Å². The molecule has 0 saturated carbocycles. The van der Waals surface area contributed by atoms with Crippen LogP contribution in [-0.2, 0) is 19.4 Å². The fourth-order valence-electron chi connectivity index (χ4n) is 4.04. The third kappa shape index (κ3) is 4.02. The number of carbonyl (C=O) groups excluding carboxylic acids is 2. The Morgan fingerprint density at radius 1 is 1.32 bits per heavy atom. The maximum absolute atomic E-state index is 13.1. The van der Waals surface area contributed by atoms with Crippen LogP contribution in [0.3, 0.4) is 0 Å². The fourth-order valence-corrected chi connectivity index (χ4v) is 6.55. The number of hydrogen-bond donors (Lipinski definition) is 3. The van der Waals surface area contributed by atoms with E-state index in [4.69, 9.17) is 5.73 Å². The molecule has 0 radical (unpaired) electrons. The smallest absolute Gasteiger partial charge is 0.266 e. The number of rotatable bonds is 5. The molecule has 1 unspecified atom stereocenters. The van der Waals surface area contributed by atoms with E-state index in [1.54, 1.807) is 6.92 Å². The highest BCUT2D eigenvalue weighted by Gasteiger charge is 2.28. The number of nitrogens with zero attached hydrogens (tertiary/aromatic N) is 2. The van der Waals surface area contributed by atoms with Gasteiger partial charge in [-0.05, 0) is 57.3 Å². The molecule has 0 fully saturated rings. The van der Waals surface area contributed by atoms with Gasteiger partial charge >= 0.3 is 0 Å². The lowest BCUT2D eigenvalue weighted by Crippen LogP contribution is -2.19. The first-order chi connectivity index (χ1) is 14.7. The van der Waals surface area contributed by atoms with Crippen molar-refractivity contribution in [2.45, 2.75) is 39.7 Å². The fraction of sp³-hybridized carbons (Fsp3) is 0.429. The lowest BCUT2D eigenvalue weighted by Gasteiger charge is -2.18. The van der Waals surface area contributed by atoms with E-state index in [0.717, 1.165) is 29.7 Å². The predicted octanol–water partition coefficient (Wildman–Crippen LogP) is 2.89. The van der Waals surface area contributed by atoms with Gasteiger partial charge in [0.2, 0.25) is 0 Å². The second-order valence-electron chi connectivity index (χ2n) is 8.36. The number of primary amides is 1. The third-order valence-electron chi connectivity index (χ3n) is 5.51. The van der Waals surface area contributed by atoms with Crippen LogP contribution in [-0.4, -0.2) is 40.8 Å². The highest BCUT2D eigenvalue weighted by molar-refractivity contribution is 7.21. The van der Waals surface area contributed by atoms with Gasteiger partial charge in [-0.25, -0.2) is 4.98 Å². The number of carbonyl (C=O) groups is 2. The molecule has 31 heavy (non-hydrogen) atoms. The van der Waals surface area contributed by atoms with E-state index in [1.165, 1.54) is 22.7 Å². The van der Waals surface area contributed by atoms with Crippen LogP contribution in [0.25, 0.3) is 10.2 Å². The number of aryl methyl sites for hydroxylation is 1. The maximum atomic E-state index is 13.1. The summed E-state index contributed by atoms with van der Waals surface area (Å²) in [6.45, 7) is 4.41. The van der Waals surface area contributed by atoms with Crippen molar-refractivity contribution in [1.29, 1.82) is 0 Å². The van der Waals surface area contributed by atoms with Crippen LogP contribution in [0, 0.1) is 12.8 Å². The van der Waals surface area contributed by atoms with Crippen molar-refractivity contribution >= 4 is 49.7 Å². The minimum absolute atomic E-state index is 0.256. The number of thiophene rings is 2. The predicted molar refractivity (Wildman–Crippen MR) is 124 cm³/mol. The highest BCUT2D eigenvalue weighted by Crippen LogP contribution is 2.40. The quantitative estimate of drug-likeness (QED) is 0.542. The van der Waals surface area contributed by atoms with Crippen LogP contribution in [0.2, 0.25) is 0 Å². The van der Waals surface area contributed by atoms with Crippen LogP contribution in [0.4, 0.5) is 5.00 Å². The molecule has 1 aliphatic carbocycles. The Morgan fingerprint density at radius 2 is 2.06 bits per heavy atom. The van der Waals surface area contributed by atoms with E-state index in [2.05, 4.69) is 22.2 Å². The Balaban J connectivity index is 1.71. The largest absolute Gasteiger partial charge is 0.365 e. The molecule has 0 saturated heterocycles. The highest BCUT2D eigenvalue weighted by atomic mass is 32.1. The van der Waals surface area contributed by atoms with E-state index in [1.807, 2.05) is 19.0 Å². The van der Waals surface area contributed by atoms with Gasteiger partial charge in [0, 0.05) is 4.88 Å².